The number of imidazole rings is 1. The molecule has 2 N–H and O–H groups in total. The second-order valence-electron chi connectivity index (χ2n) is 7.01. The summed E-state index contributed by atoms with van der Waals surface area (Å²) in [7, 11) is 0. The van der Waals surface area contributed by atoms with Crippen molar-refractivity contribution in [2.24, 2.45) is 5.10 Å². The van der Waals surface area contributed by atoms with Crippen molar-refractivity contribution in [3.05, 3.63) is 88.7 Å². The molecule has 3 aromatic carbocycles. The predicted octanol–water partition coefficient (Wildman–Crippen LogP) is 6.12. The molecule has 0 amide bonds. The summed E-state index contributed by atoms with van der Waals surface area (Å²) in [6.07, 6.45) is 0.936. The zero-order chi connectivity index (χ0) is 20.5. The van der Waals surface area contributed by atoms with Crippen molar-refractivity contribution in [1.82, 2.24) is 9.97 Å². The second kappa shape index (κ2) is 7.69. The van der Waals surface area contributed by atoms with Gasteiger partial charge in [0.05, 0.1) is 16.4 Å². The number of anilines is 1. The highest BCUT2D eigenvalue weighted by molar-refractivity contribution is 6.30. The van der Waals surface area contributed by atoms with Gasteiger partial charge in [0.15, 0.2) is 0 Å². The molecule has 0 unspecified atom stereocenters. The molecule has 5 nitrogen and oxygen atoms in total. The molecular weight excluding hydrogens is 396 g/mol. The number of fused-ring (bicyclic) bond motifs is 2. The number of H-pyrrole nitrogens is 1. The minimum atomic E-state index is 0.588. The van der Waals surface area contributed by atoms with Crippen LogP contribution in [0, 0.1) is 0 Å². The molecule has 5 aromatic rings. The number of aryl methyl sites for hydroxylation is 1. The lowest BCUT2D eigenvalue weighted by molar-refractivity contribution is 0.618. The number of hydrogen-bond donors (Lipinski definition) is 2. The molecule has 0 radical (unpaired) electrons. The lowest BCUT2D eigenvalue weighted by Crippen LogP contribution is -2.08. The zero-order valence-electron chi connectivity index (χ0n) is 16.3. The first-order valence-electron chi connectivity index (χ1n) is 9.77. The molecule has 30 heavy (non-hydrogen) atoms. The van der Waals surface area contributed by atoms with Crippen molar-refractivity contribution < 1.29 is 4.42 Å². The van der Waals surface area contributed by atoms with E-state index in [2.05, 4.69) is 39.6 Å². The third kappa shape index (κ3) is 3.55. The van der Waals surface area contributed by atoms with E-state index < -0.39 is 0 Å². The normalized spacial score (nSPS) is 12.0. The standard InChI is InChI=1S/C24H19ClN4O/c1-2-15-7-12-22-18(13-15)21(14-23(30-22)16-8-10-17(25)11-9-16)28-29-24-26-19-5-3-4-6-20(19)27-24/h3-14H,2H2,1H3,(H2,26,27,29). The summed E-state index contributed by atoms with van der Waals surface area (Å²) in [6.45, 7) is 2.13. The molecule has 2 aromatic heterocycles. The van der Waals surface area contributed by atoms with Crippen molar-refractivity contribution in [3.8, 4) is 11.3 Å². The number of halogens is 1. The Morgan fingerprint density at radius 2 is 1.87 bits per heavy atom. The molecule has 0 fully saturated rings. The lowest BCUT2D eigenvalue weighted by atomic mass is 10.1. The smallest absolute Gasteiger partial charge is 0.222 e. The van der Waals surface area contributed by atoms with Crippen LogP contribution in [0.2, 0.25) is 5.02 Å². The van der Waals surface area contributed by atoms with Gasteiger partial charge in [-0.1, -0.05) is 36.7 Å². The Bertz CT molecular complexity index is 1380. The lowest BCUT2D eigenvalue weighted by Gasteiger charge is -2.07. The Morgan fingerprint density at radius 3 is 2.67 bits per heavy atom. The number of aromatic nitrogens is 2. The number of rotatable bonds is 4. The van der Waals surface area contributed by atoms with Gasteiger partial charge in [-0.25, -0.2) is 10.4 Å². The fourth-order valence-corrected chi connectivity index (χ4v) is 3.53. The largest absolute Gasteiger partial charge is 0.456 e. The Balaban J connectivity index is 1.65. The maximum atomic E-state index is 6.17. The Hall–Kier alpha value is -3.57. The summed E-state index contributed by atoms with van der Waals surface area (Å²) < 4.78 is 6.17. The molecular formula is C24H19ClN4O. The molecule has 2 heterocycles. The number of nitrogens with zero attached hydrogens (tertiary/aromatic N) is 2. The third-order valence-corrected chi connectivity index (χ3v) is 5.27. The van der Waals surface area contributed by atoms with Crippen molar-refractivity contribution in [3.63, 3.8) is 0 Å². The van der Waals surface area contributed by atoms with Crippen LogP contribution in [0.3, 0.4) is 0 Å². The highest BCUT2D eigenvalue weighted by atomic mass is 35.5. The van der Waals surface area contributed by atoms with Crippen LogP contribution in [-0.4, -0.2) is 9.97 Å². The number of hydrogen-bond acceptors (Lipinski definition) is 4. The molecule has 0 saturated carbocycles. The van der Waals surface area contributed by atoms with Gasteiger partial charge < -0.3 is 9.40 Å². The maximum absolute atomic E-state index is 6.17. The van der Waals surface area contributed by atoms with Gasteiger partial charge in [0.25, 0.3) is 0 Å². The number of benzene rings is 3. The Morgan fingerprint density at radius 1 is 1.03 bits per heavy atom. The Labute approximate surface area is 178 Å². The van der Waals surface area contributed by atoms with E-state index >= 15 is 0 Å². The molecule has 0 atom stereocenters. The summed E-state index contributed by atoms with van der Waals surface area (Å²) in [6, 6.07) is 23.6. The summed E-state index contributed by atoms with van der Waals surface area (Å²) in [5.41, 5.74) is 7.83. The predicted molar refractivity (Wildman–Crippen MR) is 121 cm³/mol. The second-order valence-corrected chi connectivity index (χ2v) is 7.45. The zero-order valence-corrected chi connectivity index (χ0v) is 17.1. The molecule has 0 aliphatic carbocycles. The van der Waals surface area contributed by atoms with Gasteiger partial charge in [-0.05, 0) is 60.5 Å². The topological polar surface area (TPSA) is 66.2 Å². The van der Waals surface area contributed by atoms with Gasteiger partial charge >= 0.3 is 0 Å². The molecule has 0 aliphatic heterocycles. The van der Waals surface area contributed by atoms with E-state index in [1.165, 1.54) is 5.56 Å². The van der Waals surface area contributed by atoms with Gasteiger partial charge in [-0.15, -0.1) is 0 Å². The van der Waals surface area contributed by atoms with Crippen molar-refractivity contribution in [2.45, 2.75) is 13.3 Å². The van der Waals surface area contributed by atoms with Crippen molar-refractivity contribution in [1.29, 1.82) is 0 Å². The minimum Gasteiger partial charge on any atom is -0.456 e. The third-order valence-electron chi connectivity index (χ3n) is 5.02. The van der Waals surface area contributed by atoms with Crippen LogP contribution in [0.15, 0.2) is 82.3 Å². The van der Waals surface area contributed by atoms with Crippen LogP contribution in [0.25, 0.3) is 33.3 Å². The fourth-order valence-electron chi connectivity index (χ4n) is 3.40. The van der Waals surface area contributed by atoms with E-state index in [1.807, 2.05) is 60.7 Å². The SMILES string of the molecule is CCc1ccc2oc(-c3ccc(Cl)cc3)cc(=NNc3nc4ccccc4[nH]3)c2c1. The molecule has 6 heteroatoms. The first kappa shape index (κ1) is 18.5. The van der Waals surface area contributed by atoms with Gasteiger partial charge in [-0.3, -0.25) is 0 Å². The first-order chi connectivity index (χ1) is 14.7. The van der Waals surface area contributed by atoms with Crippen molar-refractivity contribution >= 4 is 39.6 Å². The van der Waals surface area contributed by atoms with Crippen LogP contribution < -0.4 is 10.8 Å². The van der Waals surface area contributed by atoms with E-state index in [1.54, 1.807) is 0 Å². The van der Waals surface area contributed by atoms with Gasteiger partial charge in [0.1, 0.15) is 11.3 Å². The summed E-state index contributed by atoms with van der Waals surface area (Å²) in [5.74, 6) is 1.30. The maximum Gasteiger partial charge on any atom is 0.222 e. The van der Waals surface area contributed by atoms with Crippen LogP contribution in [0.4, 0.5) is 5.95 Å². The van der Waals surface area contributed by atoms with E-state index in [-0.39, 0.29) is 0 Å². The quantitative estimate of drug-likeness (QED) is 0.348. The van der Waals surface area contributed by atoms with Gasteiger partial charge in [0, 0.05) is 22.0 Å². The number of para-hydroxylation sites is 2. The molecule has 0 bridgehead atoms. The summed E-state index contributed by atoms with van der Waals surface area (Å²) in [5, 5.41) is 7.05. The number of aromatic amines is 1. The van der Waals surface area contributed by atoms with Crippen molar-refractivity contribution in [2.75, 3.05) is 5.43 Å². The summed E-state index contributed by atoms with van der Waals surface area (Å²) in [4.78, 5) is 7.77. The van der Waals surface area contributed by atoms with Gasteiger partial charge in [0.2, 0.25) is 5.95 Å². The van der Waals surface area contributed by atoms with Crippen LogP contribution in [-0.2, 0) is 6.42 Å². The highest BCUT2D eigenvalue weighted by Gasteiger charge is 2.08. The molecule has 0 spiro atoms. The molecule has 5 rings (SSSR count). The average molecular weight is 415 g/mol. The summed E-state index contributed by atoms with van der Waals surface area (Å²) >= 11 is 6.04. The van der Waals surface area contributed by atoms with E-state index in [0.29, 0.717) is 16.7 Å². The van der Waals surface area contributed by atoms with E-state index in [0.717, 1.165) is 39.3 Å². The van der Waals surface area contributed by atoms with E-state index in [9.17, 15) is 0 Å². The first-order valence-corrected chi connectivity index (χ1v) is 10.1. The van der Waals surface area contributed by atoms with E-state index in [4.69, 9.17) is 16.0 Å². The highest BCUT2D eigenvalue weighted by Crippen LogP contribution is 2.24. The average Bonchev–Trinajstić information content (AvgIpc) is 3.20. The van der Waals surface area contributed by atoms with Gasteiger partial charge in [-0.2, -0.15) is 5.10 Å². The molecule has 148 valence electrons. The molecule has 0 saturated heterocycles. The van der Waals surface area contributed by atoms with Crippen LogP contribution in [0.1, 0.15) is 12.5 Å². The van der Waals surface area contributed by atoms with Crippen LogP contribution >= 0.6 is 11.6 Å². The monoisotopic (exact) mass is 414 g/mol. The minimum absolute atomic E-state index is 0.588. The molecule has 0 aliphatic rings. The van der Waals surface area contributed by atoms with Crippen LogP contribution in [0.5, 0.6) is 0 Å². The number of nitrogens with one attached hydrogen (secondary N) is 2. The Kier molecular flexibility index (Phi) is 4.73. The fraction of sp³-hybridized carbons (Fsp3) is 0.0833.